The van der Waals surface area contributed by atoms with Gasteiger partial charge in [-0.1, -0.05) is 12.1 Å². The third kappa shape index (κ3) is 2.49. The van der Waals surface area contributed by atoms with Crippen molar-refractivity contribution in [3.63, 3.8) is 0 Å². The van der Waals surface area contributed by atoms with Crippen LogP contribution in [-0.4, -0.2) is 9.97 Å². The molecule has 0 radical (unpaired) electrons. The molecule has 0 unspecified atom stereocenters. The Bertz CT molecular complexity index is 511. The molecule has 1 heterocycles. The average Bonchev–Trinajstić information content (AvgIpc) is 2.24. The Morgan fingerprint density at radius 2 is 2.00 bits per heavy atom. The standard InChI is InChI=1S/C12H12ClN3/c1-8-3-4-9(2)10(7-8)15-11-5-6-14-12(13)16-11/h3-7H,1-2H3,(H,14,15,16). The first-order chi connectivity index (χ1) is 7.65. The first-order valence-corrected chi connectivity index (χ1v) is 5.36. The van der Waals surface area contributed by atoms with Gasteiger partial charge in [0.15, 0.2) is 0 Å². The van der Waals surface area contributed by atoms with Crippen LogP contribution >= 0.6 is 11.6 Å². The molecule has 2 aromatic rings. The van der Waals surface area contributed by atoms with Gasteiger partial charge in [-0.2, -0.15) is 0 Å². The van der Waals surface area contributed by atoms with Gasteiger partial charge in [-0.25, -0.2) is 9.97 Å². The maximum atomic E-state index is 5.72. The van der Waals surface area contributed by atoms with Gasteiger partial charge in [0.25, 0.3) is 0 Å². The van der Waals surface area contributed by atoms with E-state index in [2.05, 4.69) is 40.4 Å². The van der Waals surface area contributed by atoms with E-state index in [0.29, 0.717) is 5.82 Å². The van der Waals surface area contributed by atoms with E-state index in [1.165, 1.54) is 11.1 Å². The van der Waals surface area contributed by atoms with Crippen molar-refractivity contribution < 1.29 is 0 Å². The second-order valence-electron chi connectivity index (χ2n) is 3.65. The third-order valence-corrected chi connectivity index (χ3v) is 2.46. The minimum atomic E-state index is 0.246. The lowest BCUT2D eigenvalue weighted by molar-refractivity contribution is 1.16. The molecule has 0 aliphatic carbocycles. The third-order valence-electron chi connectivity index (χ3n) is 2.28. The lowest BCUT2D eigenvalue weighted by Gasteiger charge is -2.09. The minimum Gasteiger partial charge on any atom is -0.340 e. The zero-order valence-corrected chi connectivity index (χ0v) is 9.92. The number of nitrogens with one attached hydrogen (secondary N) is 1. The van der Waals surface area contributed by atoms with Crippen molar-refractivity contribution in [2.45, 2.75) is 13.8 Å². The molecule has 82 valence electrons. The van der Waals surface area contributed by atoms with Crippen molar-refractivity contribution in [3.05, 3.63) is 46.9 Å². The summed E-state index contributed by atoms with van der Waals surface area (Å²) in [5, 5.41) is 3.46. The number of aryl methyl sites for hydroxylation is 2. The summed E-state index contributed by atoms with van der Waals surface area (Å²) >= 11 is 5.72. The van der Waals surface area contributed by atoms with Crippen LogP contribution in [0.4, 0.5) is 11.5 Å². The van der Waals surface area contributed by atoms with E-state index >= 15 is 0 Å². The van der Waals surface area contributed by atoms with Gasteiger partial charge in [-0.3, -0.25) is 0 Å². The number of halogens is 1. The topological polar surface area (TPSA) is 37.8 Å². The lowest BCUT2D eigenvalue weighted by atomic mass is 10.1. The Balaban J connectivity index is 2.30. The second-order valence-corrected chi connectivity index (χ2v) is 3.99. The first-order valence-electron chi connectivity index (χ1n) is 4.98. The molecule has 4 heteroatoms. The SMILES string of the molecule is Cc1ccc(C)c(Nc2ccnc(Cl)n2)c1. The largest absolute Gasteiger partial charge is 0.340 e. The summed E-state index contributed by atoms with van der Waals surface area (Å²) in [7, 11) is 0. The molecular weight excluding hydrogens is 222 g/mol. The van der Waals surface area contributed by atoms with Gasteiger partial charge in [0.1, 0.15) is 5.82 Å². The van der Waals surface area contributed by atoms with Crippen molar-refractivity contribution in [3.8, 4) is 0 Å². The van der Waals surface area contributed by atoms with Crippen LogP contribution in [0.2, 0.25) is 5.28 Å². The van der Waals surface area contributed by atoms with Crippen LogP contribution in [0.15, 0.2) is 30.5 Å². The van der Waals surface area contributed by atoms with Gasteiger partial charge >= 0.3 is 0 Å². The van der Waals surface area contributed by atoms with Crippen LogP contribution in [0.5, 0.6) is 0 Å². The van der Waals surface area contributed by atoms with Crippen LogP contribution in [0, 0.1) is 13.8 Å². The predicted octanol–water partition coefficient (Wildman–Crippen LogP) is 3.49. The van der Waals surface area contributed by atoms with E-state index in [9.17, 15) is 0 Å². The Morgan fingerprint density at radius 1 is 1.19 bits per heavy atom. The fourth-order valence-electron chi connectivity index (χ4n) is 1.41. The fraction of sp³-hybridized carbons (Fsp3) is 0.167. The number of benzene rings is 1. The highest BCUT2D eigenvalue weighted by Gasteiger charge is 2.01. The molecule has 1 aromatic carbocycles. The van der Waals surface area contributed by atoms with Gasteiger partial charge in [-0.05, 0) is 48.7 Å². The van der Waals surface area contributed by atoms with E-state index in [1.807, 2.05) is 6.92 Å². The van der Waals surface area contributed by atoms with Crippen LogP contribution in [0.3, 0.4) is 0 Å². The predicted molar refractivity (Wildman–Crippen MR) is 66.2 cm³/mol. The Labute approximate surface area is 99.5 Å². The number of nitrogens with zero attached hydrogens (tertiary/aromatic N) is 2. The Hall–Kier alpha value is -1.61. The summed E-state index contributed by atoms with van der Waals surface area (Å²) < 4.78 is 0. The summed E-state index contributed by atoms with van der Waals surface area (Å²) in [5.41, 5.74) is 3.41. The zero-order chi connectivity index (χ0) is 11.5. The summed E-state index contributed by atoms with van der Waals surface area (Å²) in [5.74, 6) is 0.703. The van der Waals surface area contributed by atoms with Crippen molar-refractivity contribution in [1.29, 1.82) is 0 Å². The highest BCUT2D eigenvalue weighted by atomic mass is 35.5. The monoisotopic (exact) mass is 233 g/mol. The fourth-order valence-corrected chi connectivity index (χ4v) is 1.56. The molecule has 0 aliphatic rings. The van der Waals surface area contributed by atoms with Crippen LogP contribution < -0.4 is 5.32 Å². The van der Waals surface area contributed by atoms with Gasteiger partial charge in [0.2, 0.25) is 5.28 Å². The van der Waals surface area contributed by atoms with Crippen molar-refractivity contribution in [2.24, 2.45) is 0 Å². The maximum absolute atomic E-state index is 5.72. The molecule has 16 heavy (non-hydrogen) atoms. The average molecular weight is 234 g/mol. The summed E-state index contributed by atoms with van der Waals surface area (Å²) in [4.78, 5) is 7.92. The summed E-state index contributed by atoms with van der Waals surface area (Å²) in [6, 6.07) is 8.01. The van der Waals surface area contributed by atoms with Crippen LogP contribution in [0.1, 0.15) is 11.1 Å². The van der Waals surface area contributed by atoms with E-state index in [1.54, 1.807) is 12.3 Å². The molecule has 0 aliphatic heterocycles. The van der Waals surface area contributed by atoms with Gasteiger partial charge in [-0.15, -0.1) is 0 Å². The second kappa shape index (κ2) is 4.49. The van der Waals surface area contributed by atoms with E-state index in [4.69, 9.17) is 11.6 Å². The van der Waals surface area contributed by atoms with Gasteiger partial charge < -0.3 is 5.32 Å². The molecule has 3 nitrogen and oxygen atoms in total. The maximum Gasteiger partial charge on any atom is 0.224 e. The molecule has 0 fully saturated rings. The van der Waals surface area contributed by atoms with Gasteiger partial charge in [0.05, 0.1) is 0 Å². The number of anilines is 2. The molecule has 0 saturated carbocycles. The van der Waals surface area contributed by atoms with Crippen molar-refractivity contribution in [1.82, 2.24) is 9.97 Å². The van der Waals surface area contributed by atoms with Crippen molar-refractivity contribution in [2.75, 3.05) is 5.32 Å². The van der Waals surface area contributed by atoms with Crippen molar-refractivity contribution >= 4 is 23.1 Å². The molecule has 0 spiro atoms. The molecule has 0 bridgehead atoms. The molecule has 0 amide bonds. The molecule has 1 aromatic heterocycles. The first kappa shape index (κ1) is 10.9. The highest BCUT2D eigenvalue weighted by molar-refractivity contribution is 6.28. The van der Waals surface area contributed by atoms with E-state index in [-0.39, 0.29) is 5.28 Å². The summed E-state index contributed by atoms with van der Waals surface area (Å²) in [6.07, 6.45) is 1.63. The van der Waals surface area contributed by atoms with Crippen LogP contribution in [0.25, 0.3) is 0 Å². The number of aromatic nitrogens is 2. The van der Waals surface area contributed by atoms with Gasteiger partial charge in [0, 0.05) is 11.9 Å². The Kier molecular flexibility index (Phi) is 3.06. The molecule has 0 atom stereocenters. The smallest absolute Gasteiger partial charge is 0.224 e. The lowest BCUT2D eigenvalue weighted by Crippen LogP contribution is -1.96. The van der Waals surface area contributed by atoms with E-state index in [0.717, 1.165) is 5.69 Å². The number of rotatable bonds is 2. The molecule has 1 N–H and O–H groups in total. The Morgan fingerprint density at radius 3 is 2.75 bits per heavy atom. The number of hydrogen-bond acceptors (Lipinski definition) is 3. The minimum absolute atomic E-state index is 0.246. The molecule has 0 saturated heterocycles. The van der Waals surface area contributed by atoms with Crippen LogP contribution in [-0.2, 0) is 0 Å². The summed E-state index contributed by atoms with van der Waals surface area (Å²) in [6.45, 7) is 4.10. The zero-order valence-electron chi connectivity index (χ0n) is 9.16. The van der Waals surface area contributed by atoms with E-state index < -0.39 is 0 Å². The number of hydrogen-bond donors (Lipinski definition) is 1. The normalized spacial score (nSPS) is 10.2. The molecular formula is C12H12ClN3. The quantitative estimate of drug-likeness (QED) is 0.807. The molecule has 2 rings (SSSR count). The highest BCUT2D eigenvalue weighted by Crippen LogP contribution is 2.20.